The fraction of sp³-hybridized carbons (Fsp3) is 0.267. The SMILES string of the molecule is CC(NC(=O)C(Cc1ccccc1)NC(=O)C(N)Cc1ccc(O)cc1)C(=O)NC(Cc1ccccc1)C(=O)O. The predicted molar refractivity (Wildman–Crippen MR) is 149 cm³/mol. The van der Waals surface area contributed by atoms with Crippen molar-refractivity contribution in [1.29, 1.82) is 0 Å². The molecule has 0 aliphatic heterocycles. The molecule has 3 aromatic carbocycles. The van der Waals surface area contributed by atoms with Crippen molar-refractivity contribution < 1.29 is 29.4 Å². The third-order valence-electron chi connectivity index (χ3n) is 6.29. The average Bonchev–Trinajstić information content (AvgIpc) is 2.94. The molecule has 0 aromatic heterocycles. The molecule has 0 fully saturated rings. The lowest BCUT2D eigenvalue weighted by Gasteiger charge is -2.24. The third-order valence-corrected chi connectivity index (χ3v) is 6.29. The van der Waals surface area contributed by atoms with Crippen LogP contribution < -0.4 is 21.7 Å². The first-order valence-electron chi connectivity index (χ1n) is 12.9. The molecule has 40 heavy (non-hydrogen) atoms. The summed E-state index contributed by atoms with van der Waals surface area (Å²) in [5.74, 6) is -2.96. The van der Waals surface area contributed by atoms with Crippen LogP contribution in [0.15, 0.2) is 84.9 Å². The Balaban J connectivity index is 1.65. The van der Waals surface area contributed by atoms with Crippen molar-refractivity contribution in [3.8, 4) is 5.75 Å². The summed E-state index contributed by atoms with van der Waals surface area (Å²) >= 11 is 0. The Morgan fingerprint density at radius 1 is 0.650 bits per heavy atom. The van der Waals surface area contributed by atoms with Gasteiger partial charge in [-0.25, -0.2) is 4.79 Å². The summed E-state index contributed by atoms with van der Waals surface area (Å²) in [4.78, 5) is 50.7. The number of phenolic OH excluding ortho intramolecular Hbond substituents is 1. The van der Waals surface area contributed by atoms with E-state index in [0.717, 1.165) is 16.7 Å². The van der Waals surface area contributed by atoms with Gasteiger partial charge in [-0.05, 0) is 42.2 Å². The van der Waals surface area contributed by atoms with Crippen molar-refractivity contribution in [2.45, 2.75) is 50.4 Å². The van der Waals surface area contributed by atoms with E-state index in [1.165, 1.54) is 19.1 Å². The largest absolute Gasteiger partial charge is 0.508 e. The summed E-state index contributed by atoms with van der Waals surface area (Å²) < 4.78 is 0. The number of carbonyl (C=O) groups excluding carboxylic acids is 3. The molecule has 0 saturated carbocycles. The molecular weight excluding hydrogens is 512 g/mol. The normalized spacial score (nSPS) is 13.8. The Kier molecular flexibility index (Phi) is 10.8. The number of nitrogens with two attached hydrogens (primary N) is 1. The Bertz CT molecular complexity index is 1280. The van der Waals surface area contributed by atoms with E-state index in [9.17, 15) is 29.4 Å². The molecule has 0 saturated heterocycles. The van der Waals surface area contributed by atoms with Crippen molar-refractivity contribution in [2.75, 3.05) is 0 Å². The van der Waals surface area contributed by atoms with Crippen LogP contribution in [-0.4, -0.2) is 58.1 Å². The Hall–Kier alpha value is -4.70. The van der Waals surface area contributed by atoms with E-state index >= 15 is 0 Å². The number of aromatic hydroxyl groups is 1. The van der Waals surface area contributed by atoms with E-state index in [4.69, 9.17) is 5.73 Å². The van der Waals surface area contributed by atoms with Crippen molar-refractivity contribution >= 4 is 23.7 Å². The molecular formula is C30H34N4O6. The lowest BCUT2D eigenvalue weighted by molar-refractivity contribution is -0.142. The van der Waals surface area contributed by atoms with Gasteiger partial charge in [-0.1, -0.05) is 72.8 Å². The first-order valence-corrected chi connectivity index (χ1v) is 12.9. The molecule has 3 amide bonds. The zero-order valence-electron chi connectivity index (χ0n) is 22.1. The molecule has 3 rings (SSSR count). The quantitative estimate of drug-likeness (QED) is 0.188. The maximum absolute atomic E-state index is 13.2. The Morgan fingerprint density at radius 2 is 1.12 bits per heavy atom. The molecule has 10 nitrogen and oxygen atoms in total. The van der Waals surface area contributed by atoms with E-state index in [2.05, 4.69) is 16.0 Å². The summed E-state index contributed by atoms with van der Waals surface area (Å²) in [6.45, 7) is 1.44. The third kappa shape index (κ3) is 9.25. The van der Waals surface area contributed by atoms with Crippen LogP contribution in [0.25, 0.3) is 0 Å². The van der Waals surface area contributed by atoms with Crippen LogP contribution in [-0.2, 0) is 38.4 Å². The van der Waals surface area contributed by atoms with Crippen LogP contribution in [0.1, 0.15) is 23.6 Å². The first kappa shape index (κ1) is 29.9. The Morgan fingerprint density at radius 3 is 1.65 bits per heavy atom. The van der Waals surface area contributed by atoms with E-state index in [0.29, 0.717) is 0 Å². The molecule has 0 spiro atoms. The van der Waals surface area contributed by atoms with Gasteiger partial charge in [0.15, 0.2) is 0 Å². The van der Waals surface area contributed by atoms with Crippen molar-refractivity contribution in [3.63, 3.8) is 0 Å². The second kappa shape index (κ2) is 14.5. The van der Waals surface area contributed by atoms with Crippen LogP contribution in [0, 0.1) is 0 Å². The fourth-order valence-electron chi connectivity index (χ4n) is 4.04. The molecule has 0 radical (unpaired) electrons. The summed E-state index contributed by atoms with van der Waals surface area (Å²) in [6, 6.07) is 19.9. The zero-order chi connectivity index (χ0) is 29.1. The smallest absolute Gasteiger partial charge is 0.326 e. The highest BCUT2D eigenvalue weighted by molar-refractivity contribution is 5.94. The number of carboxylic acid groups (broad SMARTS) is 1. The number of amides is 3. The number of carbonyl (C=O) groups is 4. The molecule has 7 N–H and O–H groups in total. The van der Waals surface area contributed by atoms with Gasteiger partial charge in [0.25, 0.3) is 0 Å². The number of phenols is 1. The van der Waals surface area contributed by atoms with Crippen LogP contribution in [0.3, 0.4) is 0 Å². The van der Waals surface area contributed by atoms with E-state index in [-0.39, 0.29) is 25.0 Å². The van der Waals surface area contributed by atoms with Crippen LogP contribution in [0.4, 0.5) is 0 Å². The molecule has 0 aliphatic carbocycles. The zero-order valence-corrected chi connectivity index (χ0v) is 22.1. The average molecular weight is 547 g/mol. The van der Waals surface area contributed by atoms with Gasteiger partial charge in [-0.15, -0.1) is 0 Å². The first-order chi connectivity index (χ1) is 19.1. The van der Waals surface area contributed by atoms with Crippen molar-refractivity contribution in [1.82, 2.24) is 16.0 Å². The van der Waals surface area contributed by atoms with Gasteiger partial charge in [-0.2, -0.15) is 0 Å². The highest BCUT2D eigenvalue weighted by atomic mass is 16.4. The lowest BCUT2D eigenvalue weighted by Crippen LogP contribution is -2.57. The minimum absolute atomic E-state index is 0.0776. The maximum Gasteiger partial charge on any atom is 0.326 e. The minimum atomic E-state index is -1.20. The molecule has 0 bridgehead atoms. The van der Waals surface area contributed by atoms with Crippen LogP contribution in [0.2, 0.25) is 0 Å². The molecule has 10 heteroatoms. The van der Waals surface area contributed by atoms with Crippen LogP contribution >= 0.6 is 0 Å². The molecule has 3 aromatic rings. The van der Waals surface area contributed by atoms with Crippen LogP contribution in [0.5, 0.6) is 5.75 Å². The summed E-state index contributed by atoms with van der Waals surface area (Å²) in [7, 11) is 0. The van der Waals surface area contributed by atoms with Gasteiger partial charge < -0.3 is 31.9 Å². The monoisotopic (exact) mass is 546 g/mol. The highest BCUT2D eigenvalue weighted by Crippen LogP contribution is 2.11. The molecule has 0 heterocycles. The second-order valence-corrected chi connectivity index (χ2v) is 9.55. The number of nitrogens with one attached hydrogen (secondary N) is 3. The standard InChI is InChI=1S/C30H34N4O6/c1-19(27(36)34-26(30(39)40)18-21-10-6-3-7-11-21)32-29(38)25(17-20-8-4-2-5-9-20)33-28(37)24(31)16-22-12-14-23(35)15-13-22/h2-15,19,24-26,35H,16-18,31H2,1H3,(H,32,38)(H,33,37)(H,34,36)(H,39,40). The number of hydrogen-bond donors (Lipinski definition) is 6. The number of carboxylic acids is 1. The lowest BCUT2D eigenvalue weighted by atomic mass is 10.0. The fourth-order valence-corrected chi connectivity index (χ4v) is 4.04. The summed E-state index contributed by atoms with van der Waals surface area (Å²) in [5, 5.41) is 26.8. The second-order valence-electron chi connectivity index (χ2n) is 9.55. The highest BCUT2D eigenvalue weighted by Gasteiger charge is 2.28. The Labute approximate surface area is 232 Å². The van der Waals surface area contributed by atoms with Gasteiger partial charge in [0.2, 0.25) is 17.7 Å². The topological polar surface area (TPSA) is 171 Å². The van der Waals surface area contributed by atoms with Gasteiger partial charge in [-0.3, -0.25) is 14.4 Å². The number of aliphatic carboxylic acids is 1. The van der Waals surface area contributed by atoms with E-state index < -0.39 is 47.9 Å². The summed E-state index contributed by atoms with van der Waals surface area (Å²) in [6.07, 6.45) is 0.404. The molecule has 4 unspecified atom stereocenters. The van der Waals surface area contributed by atoms with Crippen molar-refractivity contribution in [3.05, 3.63) is 102 Å². The van der Waals surface area contributed by atoms with Gasteiger partial charge in [0.05, 0.1) is 6.04 Å². The molecule has 4 atom stereocenters. The maximum atomic E-state index is 13.2. The van der Waals surface area contributed by atoms with Gasteiger partial charge >= 0.3 is 5.97 Å². The van der Waals surface area contributed by atoms with Gasteiger partial charge in [0.1, 0.15) is 23.9 Å². The summed E-state index contributed by atoms with van der Waals surface area (Å²) in [5.41, 5.74) is 8.35. The minimum Gasteiger partial charge on any atom is -0.508 e. The number of hydrogen-bond acceptors (Lipinski definition) is 6. The molecule has 210 valence electrons. The van der Waals surface area contributed by atoms with E-state index in [1.807, 2.05) is 6.07 Å². The predicted octanol–water partition coefficient (Wildman–Crippen LogP) is 1.31. The van der Waals surface area contributed by atoms with Gasteiger partial charge in [0, 0.05) is 12.8 Å². The number of rotatable bonds is 13. The van der Waals surface area contributed by atoms with Crippen molar-refractivity contribution in [2.24, 2.45) is 5.73 Å². The van der Waals surface area contributed by atoms with E-state index in [1.54, 1.807) is 66.7 Å². The molecule has 0 aliphatic rings. The number of benzene rings is 3.